The molecule has 0 saturated heterocycles. The van der Waals surface area contributed by atoms with E-state index in [4.69, 9.17) is 0 Å². The molecular weight excluding hydrogens is 385 g/mol. The summed E-state index contributed by atoms with van der Waals surface area (Å²) in [7, 11) is 0. The summed E-state index contributed by atoms with van der Waals surface area (Å²) in [6.07, 6.45) is 2.19. The zero-order valence-electron chi connectivity index (χ0n) is 17.0. The van der Waals surface area contributed by atoms with Gasteiger partial charge in [-0.25, -0.2) is 0 Å². The number of alkyl halides is 3. The van der Waals surface area contributed by atoms with Crippen molar-refractivity contribution in [2.45, 2.75) is 95.8 Å². The number of hydrogen-bond acceptors (Lipinski definition) is 3. The van der Waals surface area contributed by atoms with Crippen LogP contribution in [-0.2, 0) is 14.4 Å². The van der Waals surface area contributed by atoms with Crippen LogP contribution in [0.2, 0.25) is 0 Å². The summed E-state index contributed by atoms with van der Waals surface area (Å²) in [5.74, 6) is -3.42. The lowest BCUT2D eigenvalue weighted by atomic mass is 9.84. The van der Waals surface area contributed by atoms with Crippen LogP contribution in [-0.4, -0.2) is 40.3 Å². The van der Waals surface area contributed by atoms with Crippen molar-refractivity contribution in [3.05, 3.63) is 11.3 Å². The normalized spacial score (nSPS) is 27.5. The van der Waals surface area contributed by atoms with Gasteiger partial charge in [-0.2, -0.15) is 13.2 Å². The number of nitrogens with zero attached hydrogens (tertiary/aromatic N) is 1. The molecule has 2 fully saturated rings. The lowest BCUT2D eigenvalue weighted by Crippen LogP contribution is -2.67. The van der Waals surface area contributed by atoms with E-state index in [1.54, 1.807) is 0 Å². The summed E-state index contributed by atoms with van der Waals surface area (Å²) >= 11 is 0. The van der Waals surface area contributed by atoms with Crippen LogP contribution in [0, 0.1) is 5.92 Å². The van der Waals surface area contributed by atoms with Crippen molar-refractivity contribution in [3.63, 3.8) is 0 Å². The average molecular weight is 414 g/mol. The van der Waals surface area contributed by atoms with E-state index in [-0.39, 0.29) is 11.7 Å². The van der Waals surface area contributed by atoms with Gasteiger partial charge >= 0.3 is 6.18 Å². The van der Waals surface area contributed by atoms with Gasteiger partial charge in [0.2, 0.25) is 11.4 Å². The molecule has 1 atom stereocenters. The standard InChI is InChI=1S/C21H29F3N2O3/c1-13-17(14(2)27)20(21(22,23)24,25-18(28)15-9-5-3-6-10-15)19(29)26(13)16-11-7-4-8-12-16/h15-16H,3-12H2,1-2H3,(H,25,28)/t20-/m0/s1. The number of carbonyl (C=O) groups excluding carboxylic acids is 3. The molecule has 162 valence electrons. The predicted octanol–water partition coefficient (Wildman–Crippen LogP) is 4.02. The highest BCUT2D eigenvalue weighted by Crippen LogP contribution is 2.47. The fourth-order valence-corrected chi connectivity index (χ4v) is 5.23. The van der Waals surface area contributed by atoms with Gasteiger partial charge in [0.05, 0.1) is 5.57 Å². The Labute approximate surface area is 169 Å². The Kier molecular flexibility index (Phi) is 6.11. The van der Waals surface area contributed by atoms with Gasteiger partial charge in [-0.15, -0.1) is 0 Å². The third-order valence-corrected chi connectivity index (χ3v) is 6.64. The van der Waals surface area contributed by atoms with Crippen LogP contribution in [0.5, 0.6) is 0 Å². The Morgan fingerprint density at radius 3 is 2.00 bits per heavy atom. The number of halogens is 3. The zero-order chi connectivity index (χ0) is 21.4. The van der Waals surface area contributed by atoms with Crippen molar-refractivity contribution >= 4 is 17.6 Å². The number of amides is 2. The predicted molar refractivity (Wildman–Crippen MR) is 101 cm³/mol. The van der Waals surface area contributed by atoms with Crippen LogP contribution < -0.4 is 5.32 Å². The number of hydrogen-bond donors (Lipinski definition) is 1. The van der Waals surface area contributed by atoms with Crippen LogP contribution in [0.1, 0.15) is 78.1 Å². The van der Waals surface area contributed by atoms with Crippen LogP contribution in [0.25, 0.3) is 0 Å². The second-order valence-corrected chi connectivity index (χ2v) is 8.56. The van der Waals surface area contributed by atoms with Gasteiger partial charge in [0.15, 0.2) is 5.78 Å². The summed E-state index contributed by atoms with van der Waals surface area (Å²) in [5, 5.41) is 2.05. The van der Waals surface area contributed by atoms with Gasteiger partial charge in [0.1, 0.15) is 0 Å². The van der Waals surface area contributed by atoms with E-state index in [9.17, 15) is 27.6 Å². The number of ketones is 1. The van der Waals surface area contributed by atoms with Gasteiger partial charge in [0.25, 0.3) is 5.91 Å². The molecule has 0 bridgehead atoms. The van der Waals surface area contributed by atoms with Crippen molar-refractivity contribution < 1.29 is 27.6 Å². The summed E-state index contributed by atoms with van der Waals surface area (Å²) in [6, 6.07) is -0.374. The average Bonchev–Trinajstić information content (AvgIpc) is 2.90. The van der Waals surface area contributed by atoms with E-state index < -0.39 is 40.8 Å². The van der Waals surface area contributed by atoms with Crippen molar-refractivity contribution in [1.82, 2.24) is 10.2 Å². The van der Waals surface area contributed by atoms with Crippen LogP contribution in [0.3, 0.4) is 0 Å². The fraction of sp³-hybridized carbons (Fsp3) is 0.762. The molecule has 0 aromatic carbocycles. The molecule has 0 unspecified atom stereocenters. The maximum Gasteiger partial charge on any atom is 0.425 e. The van der Waals surface area contributed by atoms with Gasteiger partial charge in [-0.05, 0) is 39.5 Å². The van der Waals surface area contributed by atoms with E-state index in [0.717, 1.165) is 50.3 Å². The highest BCUT2D eigenvalue weighted by atomic mass is 19.4. The molecule has 2 aliphatic carbocycles. The SMILES string of the molecule is CC(=O)C1=C(C)N(C2CCCCC2)C(=O)[C@]1(NC(=O)C1CCCCC1)C(F)(F)F. The minimum atomic E-state index is -5.11. The van der Waals surface area contributed by atoms with E-state index >= 15 is 0 Å². The van der Waals surface area contributed by atoms with E-state index in [0.29, 0.717) is 25.7 Å². The molecular formula is C21H29F3N2O3. The van der Waals surface area contributed by atoms with Gasteiger partial charge in [-0.1, -0.05) is 38.5 Å². The Morgan fingerprint density at radius 1 is 1.00 bits per heavy atom. The molecule has 2 amide bonds. The van der Waals surface area contributed by atoms with E-state index in [1.165, 1.54) is 6.92 Å². The maximum atomic E-state index is 14.5. The summed E-state index contributed by atoms with van der Waals surface area (Å²) in [4.78, 5) is 39.6. The summed E-state index contributed by atoms with van der Waals surface area (Å²) in [6.45, 7) is 2.42. The first-order chi connectivity index (χ1) is 13.6. The second-order valence-electron chi connectivity index (χ2n) is 8.56. The topological polar surface area (TPSA) is 66.5 Å². The van der Waals surface area contributed by atoms with Crippen LogP contribution >= 0.6 is 0 Å². The monoisotopic (exact) mass is 414 g/mol. The molecule has 1 heterocycles. The maximum absolute atomic E-state index is 14.5. The van der Waals surface area contributed by atoms with Crippen molar-refractivity contribution in [2.75, 3.05) is 0 Å². The largest absolute Gasteiger partial charge is 0.425 e. The molecule has 3 aliphatic rings. The smallest absolute Gasteiger partial charge is 0.330 e. The molecule has 8 heteroatoms. The first-order valence-corrected chi connectivity index (χ1v) is 10.6. The molecule has 0 radical (unpaired) electrons. The number of carbonyl (C=O) groups is 3. The van der Waals surface area contributed by atoms with E-state index in [1.807, 2.05) is 5.32 Å². The Hall–Kier alpha value is -1.86. The molecule has 3 rings (SSSR count). The van der Waals surface area contributed by atoms with Gasteiger partial charge in [-0.3, -0.25) is 14.4 Å². The number of Topliss-reactive ketones (excluding diaryl/α,β-unsaturated/α-hetero) is 1. The molecule has 1 aliphatic heterocycles. The second kappa shape index (κ2) is 8.11. The fourth-order valence-electron chi connectivity index (χ4n) is 5.23. The molecule has 0 aromatic heterocycles. The number of nitrogens with one attached hydrogen (secondary N) is 1. The van der Waals surface area contributed by atoms with Crippen LogP contribution in [0.15, 0.2) is 11.3 Å². The van der Waals surface area contributed by atoms with Crippen molar-refractivity contribution in [2.24, 2.45) is 5.92 Å². The summed E-state index contributed by atoms with van der Waals surface area (Å²) in [5.41, 5.74) is -3.89. The summed E-state index contributed by atoms with van der Waals surface area (Å²) < 4.78 is 43.4. The lowest BCUT2D eigenvalue weighted by molar-refractivity contribution is -0.196. The first-order valence-electron chi connectivity index (χ1n) is 10.6. The molecule has 5 nitrogen and oxygen atoms in total. The molecule has 0 spiro atoms. The lowest BCUT2D eigenvalue weighted by Gasteiger charge is -2.37. The van der Waals surface area contributed by atoms with Crippen molar-refractivity contribution in [3.8, 4) is 0 Å². The molecule has 2 saturated carbocycles. The number of allylic oxidation sites excluding steroid dienone is 1. The highest BCUT2D eigenvalue weighted by Gasteiger charge is 2.70. The third kappa shape index (κ3) is 3.70. The minimum Gasteiger partial charge on any atom is -0.330 e. The molecule has 1 N–H and O–H groups in total. The third-order valence-electron chi connectivity index (χ3n) is 6.64. The van der Waals surface area contributed by atoms with Gasteiger partial charge in [0, 0.05) is 17.7 Å². The quantitative estimate of drug-likeness (QED) is 0.756. The molecule has 0 aromatic rings. The Bertz CT molecular complexity index is 719. The highest BCUT2D eigenvalue weighted by molar-refractivity contribution is 6.12. The first kappa shape index (κ1) is 21.8. The van der Waals surface area contributed by atoms with Crippen molar-refractivity contribution in [1.29, 1.82) is 0 Å². The molecule has 29 heavy (non-hydrogen) atoms. The minimum absolute atomic E-state index is 0.0238. The van der Waals surface area contributed by atoms with Gasteiger partial charge < -0.3 is 10.2 Å². The Balaban J connectivity index is 2.04. The Morgan fingerprint density at radius 2 is 1.52 bits per heavy atom. The number of rotatable bonds is 4. The zero-order valence-corrected chi connectivity index (χ0v) is 17.0. The van der Waals surface area contributed by atoms with E-state index in [2.05, 4.69) is 0 Å². The van der Waals surface area contributed by atoms with Crippen LogP contribution in [0.4, 0.5) is 13.2 Å².